The number of carbonyl (C=O) groups excluding carboxylic acids is 1. The van der Waals surface area contributed by atoms with E-state index in [1.165, 1.54) is 49.8 Å². The summed E-state index contributed by atoms with van der Waals surface area (Å²) in [7, 11) is -2.94. The maximum atomic E-state index is 13.6. The van der Waals surface area contributed by atoms with Gasteiger partial charge in [0.05, 0.1) is 48.3 Å². The molecule has 12 nitrogen and oxygen atoms in total. The largest absolute Gasteiger partial charge is 0.493 e. The van der Waals surface area contributed by atoms with Crippen molar-refractivity contribution in [2.45, 2.75) is 32.0 Å². The van der Waals surface area contributed by atoms with Gasteiger partial charge in [-0.1, -0.05) is 29.3 Å². The smallest absolute Gasteiger partial charge is 0.387 e. The number of ether oxygens (including phenoxy) is 4. The molecule has 1 saturated carbocycles. The van der Waals surface area contributed by atoms with Gasteiger partial charge in [-0.05, 0) is 54.2 Å². The maximum Gasteiger partial charge on any atom is 0.387 e. The van der Waals surface area contributed by atoms with Crippen LogP contribution in [-0.2, 0) is 21.3 Å². The van der Waals surface area contributed by atoms with Crippen LogP contribution in [-0.4, -0.2) is 93.4 Å². The lowest BCUT2D eigenvalue weighted by molar-refractivity contribution is -0.0515. The van der Waals surface area contributed by atoms with Crippen LogP contribution in [0, 0.1) is 5.92 Å². The summed E-state index contributed by atoms with van der Waals surface area (Å²) in [5, 5.41) is 18.8. The van der Waals surface area contributed by atoms with Gasteiger partial charge in [-0.2, -0.15) is 17.2 Å². The molecule has 4 rings (SSSR count). The number of alkyl halides is 2. The minimum atomic E-state index is -4.23. The molecule has 2 aromatic carbocycles. The molecule has 49 heavy (non-hydrogen) atoms. The Hall–Kier alpha value is -3.47. The molecule has 0 radical (unpaired) electrons. The van der Waals surface area contributed by atoms with E-state index in [1.807, 2.05) is 0 Å². The summed E-state index contributed by atoms with van der Waals surface area (Å²) in [6.07, 6.45) is 3.47. The third-order valence-corrected chi connectivity index (χ3v) is 9.19. The summed E-state index contributed by atoms with van der Waals surface area (Å²) in [6.45, 7) is -3.03. The Labute approximate surface area is 292 Å². The summed E-state index contributed by atoms with van der Waals surface area (Å²) in [5.41, 5.74) is 0.631. The molecule has 1 atom stereocenters. The monoisotopic (exact) mass is 748 g/mol. The zero-order valence-corrected chi connectivity index (χ0v) is 28.7. The Balaban J connectivity index is 1.63. The van der Waals surface area contributed by atoms with Gasteiger partial charge in [-0.15, -0.1) is 0 Å². The predicted octanol–water partition coefficient (Wildman–Crippen LogP) is 4.92. The Kier molecular flexibility index (Phi) is 14.1. The summed E-state index contributed by atoms with van der Waals surface area (Å²) in [5.74, 6) is -1.53. The first-order chi connectivity index (χ1) is 23.4. The average Bonchev–Trinajstić information content (AvgIpc) is 3.89. The highest BCUT2D eigenvalue weighted by Gasteiger charge is 2.27. The number of benzene rings is 2. The van der Waals surface area contributed by atoms with Crippen molar-refractivity contribution in [1.82, 2.24) is 9.88 Å². The number of aliphatic hydroxyl groups is 2. The molecule has 17 heteroatoms. The highest BCUT2D eigenvalue weighted by Crippen LogP contribution is 2.38. The molecular weight excluding hydrogens is 713 g/mol. The fourth-order valence-corrected chi connectivity index (χ4v) is 6.16. The quantitative estimate of drug-likeness (QED) is 0.119. The van der Waals surface area contributed by atoms with Crippen molar-refractivity contribution >= 4 is 39.3 Å². The van der Waals surface area contributed by atoms with Gasteiger partial charge in [0.25, 0.3) is 0 Å². The van der Waals surface area contributed by atoms with E-state index in [-0.39, 0.29) is 84.5 Å². The molecule has 1 heterocycles. The fraction of sp³-hybridized carbons (Fsp3) is 0.438. The van der Waals surface area contributed by atoms with Crippen molar-refractivity contribution in [3.8, 4) is 23.0 Å². The average molecular weight is 750 g/mol. The molecule has 0 amide bonds. The van der Waals surface area contributed by atoms with E-state index in [0.717, 1.165) is 18.9 Å². The Morgan fingerprint density at radius 3 is 2.27 bits per heavy atom. The number of nitrogens with zero attached hydrogens (tertiary/aromatic N) is 2. The van der Waals surface area contributed by atoms with E-state index in [9.17, 15) is 32.2 Å². The molecule has 0 saturated heterocycles. The number of hydrogen-bond donors (Lipinski definition) is 2. The van der Waals surface area contributed by atoms with E-state index in [4.69, 9.17) is 41.6 Å². The first-order valence-corrected chi connectivity index (χ1v) is 17.5. The lowest BCUT2D eigenvalue weighted by Gasteiger charge is -2.22. The Morgan fingerprint density at radius 1 is 0.980 bits per heavy atom. The topological polar surface area (TPSA) is 154 Å². The van der Waals surface area contributed by atoms with E-state index in [0.29, 0.717) is 17.0 Å². The van der Waals surface area contributed by atoms with Gasteiger partial charge in [0, 0.05) is 44.5 Å². The minimum absolute atomic E-state index is 0.0154. The third-order valence-electron chi connectivity index (χ3n) is 7.42. The number of hydrogen-bond acceptors (Lipinski definition) is 12. The van der Waals surface area contributed by atoms with Crippen molar-refractivity contribution in [2.75, 3.05) is 52.3 Å². The van der Waals surface area contributed by atoms with Crippen LogP contribution in [0.1, 0.15) is 40.4 Å². The molecule has 0 spiro atoms. The molecule has 1 aliphatic carbocycles. The molecule has 0 bridgehead atoms. The number of rotatable bonds is 20. The van der Waals surface area contributed by atoms with Crippen molar-refractivity contribution in [3.63, 3.8) is 0 Å². The second-order valence-corrected chi connectivity index (χ2v) is 13.5. The summed E-state index contributed by atoms with van der Waals surface area (Å²) >= 11 is 12.8. The second-order valence-electron chi connectivity index (χ2n) is 11.0. The first kappa shape index (κ1) is 38.3. The molecule has 0 unspecified atom stereocenters. The number of aliphatic hydroxyl groups excluding tert-OH is 2. The number of methoxy groups -OCH3 is 1. The van der Waals surface area contributed by atoms with Crippen LogP contribution < -0.4 is 18.4 Å². The number of aromatic nitrogens is 1. The van der Waals surface area contributed by atoms with Crippen LogP contribution in [0.2, 0.25) is 10.0 Å². The molecule has 3 aromatic rings. The molecule has 0 aliphatic heterocycles. The molecule has 1 aliphatic rings. The van der Waals surface area contributed by atoms with E-state index >= 15 is 0 Å². The summed E-state index contributed by atoms with van der Waals surface area (Å²) in [6, 6.07) is 7.98. The van der Waals surface area contributed by atoms with E-state index < -0.39 is 34.6 Å². The Morgan fingerprint density at radius 2 is 1.65 bits per heavy atom. The van der Waals surface area contributed by atoms with Crippen LogP contribution in [0.25, 0.3) is 0 Å². The normalized spacial score (nSPS) is 13.7. The van der Waals surface area contributed by atoms with E-state index in [2.05, 4.69) is 9.72 Å². The van der Waals surface area contributed by atoms with Gasteiger partial charge < -0.3 is 33.3 Å². The van der Waals surface area contributed by atoms with Crippen LogP contribution in [0.5, 0.6) is 23.0 Å². The standard InChI is InChI=1S/C32H36Cl2F2N2O10S/c1-44-26-6-5-22(15-30(26)48-49(42,43)13-10-38(8-11-39)9-12-40)31(41)46-28(16-23-24(33)17-37-18-25(23)34)21-4-7-27(47-32(35)36)29(14-21)45-19-20-2-3-20/h4-7,14-15,17-18,20,28,32,39-40H,2-3,8-13,16,19H2,1H3/t28-/m0/s1. The second kappa shape index (κ2) is 18.0. The highest BCUT2D eigenvalue weighted by atomic mass is 35.5. The third kappa shape index (κ3) is 11.5. The number of halogens is 4. The predicted molar refractivity (Wildman–Crippen MR) is 175 cm³/mol. The SMILES string of the molecule is COc1ccc(C(=O)O[C@@H](Cc2c(Cl)cncc2Cl)c2ccc(OC(F)F)c(OCC3CC3)c2)cc1OS(=O)(=O)CCN(CCO)CCO. The zero-order chi connectivity index (χ0) is 35.6. The molecule has 1 aromatic heterocycles. The van der Waals surface area contributed by atoms with Crippen LogP contribution in [0.4, 0.5) is 8.78 Å². The van der Waals surface area contributed by atoms with E-state index in [1.54, 1.807) is 4.90 Å². The van der Waals surface area contributed by atoms with Gasteiger partial charge in [-0.25, -0.2) is 4.79 Å². The number of carbonyl (C=O) groups is 1. The maximum absolute atomic E-state index is 13.6. The lowest BCUT2D eigenvalue weighted by atomic mass is 10.0. The lowest BCUT2D eigenvalue weighted by Crippen LogP contribution is -2.35. The van der Waals surface area contributed by atoms with Crippen molar-refractivity contribution in [3.05, 3.63) is 75.5 Å². The molecule has 2 N–H and O–H groups in total. The number of pyridine rings is 1. The van der Waals surface area contributed by atoms with Crippen molar-refractivity contribution in [2.24, 2.45) is 5.92 Å². The van der Waals surface area contributed by atoms with Crippen molar-refractivity contribution in [1.29, 1.82) is 0 Å². The van der Waals surface area contributed by atoms with Crippen LogP contribution in [0.15, 0.2) is 48.8 Å². The summed E-state index contributed by atoms with van der Waals surface area (Å²) in [4.78, 5) is 19.1. The molecule has 1 fully saturated rings. The highest BCUT2D eigenvalue weighted by molar-refractivity contribution is 7.87. The first-order valence-electron chi connectivity index (χ1n) is 15.2. The van der Waals surface area contributed by atoms with Crippen LogP contribution >= 0.6 is 23.2 Å². The van der Waals surface area contributed by atoms with Gasteiger partial charge >= 0.3 is 22.7 Å². The number of esters is 1. The zero-order valence-electron chi connectivity index (χ0n) is 26.4. The van der Waals surface area contributed by atoms with Gasteiger partial charge in [-0.3, -0.25) is 9.88 Å². The molecular formula is C32H36Cl2F2N2O10S. The summed E-state index contributed by atoms with van der Waals surface area (Å²) < 4.78 is 79.0. The Bertz CT molecular complexity index is 1660. The van der Waals surface area contributed by atoms with Crippen LogP contribution in [0.3, 0.4) is 0 Å². The minimum Gasteiger partial charge on any atom is -0.493 e. The van der Waals surface area contributed by atoms with Gasteiger partial charge in [0.1, 0.15) is 6.10 Å². The van der Waals surface area contributed by atoms with Crippen molar-refractivity contribution < 1.29 is 55.3 Å². The van der Waals surface area contributed by atoms with Gasteiger partial charge in [0.2, 0.25) is 0 Å². The fourth-order valence-electron chi connectivity index (χ4n) is 4.67. The molecule has 268 valence electrons. The van der Waals surface area contributed by atoms with Gasteiger partial charge in [0.15, 0.2) is 23.0 Å².